The summed E-state index contributed by atoms with van der Waals surface area (Å²) in [4.78, 5) is 10.8. The largest absolute Gasteiger partial charge is 0.481 e. The van der Waals surface area contributed by atoms with Gasteiger partial charge in [-0.1, -0.05) is 23.8 Å². The van der Waals surface area contributed by atoms with Gasteiger partial charge in [0.15, 0.2) is 0 Å². The molecule has 2 rings (SSSR count). The number of carboxylic acids is 1. The van der Waals surface area contributed by atoms with E-state index < -0.39 is 5.97 Å². The highest BCUT2D eigenvalue weighted by molar-refractivity contribution is 5.70. The highest BCUT2D eigenvalue weighted by atomic mass is 19.1. The second-order valence-electron chi connectivity index (χ2n) is 4.47. The average molecular weight is 234 g/mol. The third kappa shape index (κ3) is 3.16. The highest BCUT2D eigenvalue weighted by Gasteiger charge is 2.22. The maximum Gasteiger partial charge on any atom is 0.306 e. The molecule has 1 aliphatic carbocycles. The van der Waals surface area contributed by atoms with E-state index in [1.807, 2.05) is 12.1 Å². The minimum atomic E-state index is -0.699. The number of hydrogen-bond donors (Lipinski definition) is 1. The molecule has 0 bridgehead atoms. The second-order valence-corrected chi connectivity index (χ2v) is 4.47. The molecule has 0 saturated heterocycles. The van der Waals surface area contributed by atoms with Crippen molar-refractivity contribution >= 4 is 12.0 Å². The van der Waals surface area contributed by atoms with Crippen LogP contribution in [0.4, 0.5) is 4.39 Å². The molecule has 3 heteroatoms. The number of aliphatic carboxylic acids is 1. The molecule has 1 fully saturated rings. The smallest absolute Gasteiger partial charge is 0.306 e. The standard InChI is InChI=1S/C14H15FO2/c15-13-3-1-2-11(9-13)8-10-4-6-12(7-5-10)14(16)17/h1-3,8-9,12H,4-7H2,(H,16,17). The van der Waals surface area contributed by atoms with Crippen molar-refractivity contribution in [1.29, 1.82) is 0 Å². The predicted molar refractivity (Wildman–Crippen MR) is 64.0 cm³/mol. The molecule has 0 unspecified atom stereocenters. The molecule has 1 aliphatic rings. The normalized spacial score (nSPS) is 20.1. The molecule has 90 valence electrons. The summed E-state index contributed by atoms with van der Waals surface area (Å²) < 4.78 is 13.0. The van der Waals surface area contributed by atoms with Crippen molar-refractivity contribution in [2.75, 3.05) is 0 Å². The Balaban J connectivity index is 2.03. The van der Waals surface area contributed by atoms with Crippen LogP contribution in [0.1, 0.15) is 31.2 Å². The summed E-state index contributed by atoms with van der Waals surface area (Å²) in [5.74, 6) is -1.15. The Kier molecular flexibility index (Phi) is 3.57. The molecule has 0 amide bonds. The van der Waals surface area contributed by atoms with Gasteiger partial charge in [0.2, 0.25) is 0 Å². The van der Waals surface area contributed by atoms with E-state index in [0.717, 1.165) is 18.4 Å². The van der Waals surface area contributed by atoms with Crippen LogP contribution in [0.3, 0.4) is 0 Å². The Morgan fingerprint density at radius 1 is 1.35 bits per heavy atom. The third-order valence-electron chi connectivity index (χ3n) is 3.20. The van der Waals surface area contributed by atoms with E-state index in [-0.39, 0.29) is 11.7 Å². The van der Waals surface area contributed by atoms with Crippen LogP contribution in [-0.4, -0.2) is 11.1 Å². The van der Waals surface area contributed by atoms with Crippen LogP contribution < -0.4 is 0 Å². The van der Waals surface area contributed by atoms with E-state index in [9.17, 15) is 9.18 Å². The van der Waals surface area contributed by atoms with Crippen LogP contribution >= 0.6 is 0 Å². The maximum absolute atomic E-state index is 13.0. The molecule has 0 aromatic heterocycles. The number of carboxylic acid groups (broad SMARTS) is 1. The number of allylic oxidation sites excluding steroid dienone is 1. The van der Waals surface area contributed by atoms with Gasteiger partial charge in [0, 0.05) is 0 Å². The monoisotopic (exact) mass is 234 g/mol. The van der Waals surface area contributed by atoms with Gasteiger partial charge in [-0.15, -0.1) is 0 Å². The van der Waals surface area contributed by atoms with Crippen LogP contribution in [-0.2, 0) is 4.79 Å². The van der Waals surface area contributed by atoms with Gasteiger partial charge in [-0.05, 0) is 43.4 Å². The van der Waals surface area contributed by atoms with E-state index >= 15 is 0 Å². The van der Waals surface area contributed by atoms with Gasteiger partial charge in [0.1, 0.15) is 5.82 Å². The minimum Gasteiger partial charge on any atom is -0.481 e. The Bertz CT molecular complexity index is 441. The van der Waals surface area contributed by atoms with Crippen molar-refractivity contribution in [3.63, 3.8) is 0 Å². The highest BCUT2D eigenvalue weighted by Crippen LogP contribution is 2.29. The summed E-state index contributed by atoms with van der Waals surface area (Å²) in [6, 6.07) is 6.46. The van der Waals surface area contributed by atoms with Gasteiger partial charge in [0.05, 0.1) is 5.92 Å². The Hall–Kier alpha value is -1.64. The van der Waals surface area contributed by atoms with Gasteiger partial charge >= 0.3 is 5.97 Å². The topological polar surface area (TPSA) is 37.3 Å². The molecule has 0 aliphatic heterocycles. The SMILES string of the molecule is O=C(O)C1CCC(=Cc2cccc(F)c2)CC1. The number of carbonyl (C=O) groups is 1. The lowest BCUT2D eigenvalue weighted by atomic mass is 9.85. The van der Waals surface area contributed by atoms with E-state index in [1.54, 1.807) is 6.07 Å². The molecule has 1 saturated carbocycles. The average Bonchev–Trinajstić information content (AvgIpc) is 2.29. The molecule has 1 N–H and O–H groups in total. The van der Waals surface area contributed by atoms with Crippen LogP contribution in [0.5, 0.6) is 0 Å². The Morgan fingerprint density at radius 3 is 2.65 bits per heavy atom. The molecule has 1 aromatic rings. The van der Waals surface area contributed by atoms with Gasteiger partial charge in [-0.25, -0.2) is 4.39 Å². The van der Waals surface area contributed by atoms with E-state index in [4.69, 9.17) is 5.11 Å². The number of halogens is 1. The zero-order valence-electron chi connectivity index (χ0n) is 9.53. The number of benzene rings is 1. The minimum absolute atomic E-state index is 0.209. The fraction of sp³-hybridized carbons (Fsp3) is 0.357. The summed E-state index contributed by atoms with van der Waals surface area (Å²) in [6.07, 6.45) is 4.95. The molecule has 0 spiro atoms. The Labute approximate surface area is 99.8 Å². The molecule has 0 radical (unpaired) electrons. The van der Waals surface area contributed by atoms with Crippen molar-refractivity contribution in [3.8, 4) is 0 Å². The third-order valence-corrected chi connectivity index (χ3v) is 3.20. The van der Waals surface area contributed by atoms with Gasteiger partial charge in [-0.2, -0.15) is 0 Å². The first-order valence-electron chi connectivity index (χ1n) is 5.83. The van der Waals surface area contributed by atoms with E-state index in [1.165, 1.54) is 17.7 Å². The molecule has 1 aromatic carbocycles. The van der Waals surface area contributed by atoms with Crippen LogP contribution in [0.2, 0.25) is 0 Å². The van der Waals surface area contributed by atoms with Crippen molar-refractivity contribution in [2.45, 2.75) is 25.7 Å². The molecule has 0 atom stereocenters. The predicted octanol–water partition coefficient (Wildman–Crippen LogP) is 3.48. The van der Waals surface area contributed by atoms with Gasteiger partial charge in [0.25, 0.3) is 0 Å². The Morgan fingerprint density at radius 2 is 2.06 bits per heavy atom. The molecular formula is C14H15FO2. The van der Waals surface area contributed by atoms with Crippen LogP contribution in [0, 0.1) is 11.7 Å². The summed E-state index contributed by atoms with van der Waals surface area (Å²) in [5, 5.41) is 8.88. The van der Waals surface area contributed by atoms with E-state index in [0.29, 0.717) is 12.8 Å². The molecular weight excluding hydrogens is 219 g/mol. The second kappa shape index (κ2) is 5.13. The van der Waals surface area contributed by atoms with Crippen LogP contribution in [0.25, 0.3) is 6.08 Å². The van der Waals surface area contributed by atoms with Crippen molar-refractivity contribution < 1.29 is 14.3 Å². The van der Waals surface area contributed by atoms with Crippen molar-refractivity contribution in [1.82, 2.24) is 0 Å². The van der Waals surface area contributed by atoms with Crippen molar-refractivity contribution in [2.24, 2.45) is 5.92 Å². The van der Waals surface area contributed by atoms with Gasteiger partial charge in [-0.3, -0.25) is 4.79 Å². The summed E-state index contributed by atoms with van der Waals surface area (Å²) in [5.41, 5.74) is 2.07. The number of hydrogen-bond acceptors (Lipinski definition) is 1. The van der Waals surface area contributed by atoms with Crippen LogP contribution in [0.15, 0.2) is 29.8 Å². The van der Waals surface area contributed by atoms with E-state index in [2.05, 4.69) is 0 Å². The summed E-state index contributed by atoms with van der Waals surface area (Å²) in [6.45, 7) is 0. The first-order chi connectivity index (χ1) is 8.15. The zero-order valence-corrected chi connectivity index (χ0v) is 9.53. The maximum atomic E-state index is 13.0. The quantitative estimate of drug-likeness (QED) is 0.850. The lowest BCUT2D eigenvalue weighted by Gasteiger charge is -2.20. The first kappa shape index (κ1) is 11.8. The number of rotatable bonds is 2. The lowest BCUT2D eigenvalue weighted by molar-refractivity contribution is -0.142. The molecule has 2 nitrogen and oxygen atoms in total. The molecule has 0 heterocycles. The van der Waals surface area contributed by atoms with Gasteiger partial charge < -0.3 is 5.11 Å². The van der Waals surface area contributed by atoms with Crippen molar-refractivity contribution in [3.05, 3.63) is 41.2 Å². The first-order valence-corrected chi connectivity index (χ1v) is 5.83. The molecule has 17 heavy (non-hydrogen) atoms. The lowest BCUT2D eigenvalue weighted by Crippen LogP contribution is -2.17. The fourth-order valence-electron chi connectivity index (χ4n) is 2.21. The zero-order chi connectivity index (χ0) is 12.3. The summed E-state index contributed by atoms with van der Waals surface area (Å²) >= 11 is 0. The summed E-state index contributed by atoms with van der Waals surface area (Å²) in [7, 11) is 0. The fourth-order valence-corrected chi connectivity index (χ4v) is 2.21.